The number of carbonyl (C=O) groups is 2. The second kappa shape index (κ2) is 21.1. The van der Waals surface area contributed by atoms with Gasteiger partial charge in [0.2, 0.25) is 11.8 Å². The summed E-state index contributed by atoms with van der Waals surface area (Å²) in [4.78, 5) is 24.2. The number of nitrogens with one attached hydrogen (secondary N) is 2. The summed E-state index contributed by atoms with van der Waals surface area (Å²) in [6.07, 6.45) is -39.4. The molecule has 5 rings (SSSR count). The van der Waals surface area contributed by atoms with Crippen LogP contribution in [0.1, 0.15) is 13.8 Å². The summed E-state index contributed by atoms with van der Waals surface area (Å²) in [5.41, 5.74) is 0. The van der Waals surface area contributed by atoms with Crippen LogP contribution < -0.4 is 10.6 Å². The standard InChI is InChI=1S/C33H56N2O25/c1-8(39)34-15-20(45)26(12(4-37)54-29(15)51)58-30-16(35-9(2)40)21(46)27(13(5-38)56-30)59-33-28(60-32-24(49)17(42)10(41)6-52-32)23(48)19(44)14(57-33)7-53-31-25(50)22(47)18(43)11(3-36)55-31/h10-33,36-38,41-51H,3-7H2,1-2H3,(H,34,39)(H,35,40)/t10-,11-,12-,13-,14-,15-,16-,17+,18-,19-,20-,21-,22+,23+,24-,25+,26-,27-,28+,29-,30+,31+,32+,33+/m1/s1. The van der Waals surface area contributed by atoms with Gasteiger partial charge >= 0.3 is 0 Å². The summed E-state index contributed by atoms with van der Waals surface area (Å²) >= 11 is 0. The highest BCUT2D eigenvalue weighted by atomic mass is 16.8. The van der Waals surface area contributed by atoms with E-state index in [0.717, 1.165) is 13.8 Å². The second-order valence-corrected chi connectivity index (χ2v) is 15.0. The molecule has 0 bridgehead atoms. The van der Waals surface area contributed by atoms with E-state index in [1.165, 1.54) is 0 Å². The third-order valence-electron chi connectivity index (χ3n) is 10.7. The fraction of sp³-hybridized carbons (Fsp3) is 0.939. The van der Waals surface area contributed by atoms with E-state index in [0.29, 0.717) is 0 Å². The van der Waals surface area contributed by atoms with Crippen LogP contribution in [0.5, 0.6) is 0 Å². The van der Waals surface area contributed by atoms with Crippen molar-refractivity contribution >= 4 is 11.8 Å². The van der Waals surface area contributed by atoms with Gasteiger partial charge in [0.1, 0.15) is 116 Å². The number of ether oxygens (including phenoxy) is 9. The maximum atomic E-state index is 12.4. The number of hydrogen-bond acceptors (Lipinski definition) is 25. The molecule has 5 aliphatic heterocycles. The van der Waals surface area contributed by atoms with E-state index < -0.39 is 192 Å². The van der Waals surface area contributed by atoms with Crippen molar-refractivity contribution in [2.75, 3.05) is 33.0 Å². The van der Waals surface area contributed by atoms with Crippen LogP contribution in [0.25, 0.3) is 0 Å². The highest BCUT2D eigenvalue weighted by Gasteiger charge is 2.56. The average Bonchev–Trinajstić information content (AvgIpc) is 3.20. The Morgan fingerprint density at radius 1 is 0.500 bits per heavy atom. The van der Waals surface area contributed by atoms with Gasteiger partial charge in [-0.2, -0.15) is 0 Å². The van der Waals surface area contributed by atoms with Crippen LogP contribution in [0.2, 0.25) is 0 Å². The molecule has 0 radical (unpaired) electrons. The molecule has 2 amide bonds. The number of aliphatic hydroxyl groups excluding tert-OH is 14. The van der Waals surface area contributed by atoms with Crippen molar-refractivity contribution in [2.45, 2.75) is 161 Å². The first kappa shape index (κ1) is 49.0. The SMILES string of the molecule is CC(=O)N[C@@H]1[C@@H](O)[C@H](O[C@@H]2O[C@H](CO)[C@@H](O[C@@H]3O[C@H](CO[C@H]4O[C@H](CO)[C@@H](O)[C@H](O)[C@@H]4O)[C@@H](O)[C@H](O)[C@@H]3O[C@@H]3OC[C@@H](O)[C@H](O)[C@H]3O)[C@H](O)[C@H]2NC(C)=O)[C@@H](CO)O[C@H]1O. The minimum atomic E-state index is -2.08. The Labute approximate surface area is 340 Å². The zero-order valence-electron chi connectivity index (χ0n) is 32.1. The Morgan fingerprint density at radius 3 is 1.58 bits per heavy atom. The normalized spacial score (nSPS) is 48.9. The summed E-state index contributed by atoms with van der Waals surface area (Å²) in [5, 5.41) is 152. The van der Waals surface area contributed by atoms with Crippen molar-refractivity contribution in [1.29, 1.82) is 0 Å². The van der Waals surface area contributed by atoms with Crippen LogP contribution in [0.15, 0.2) is 0 Å². The van der Waals surface area contributed by atoms with Crippen LogP contribution >= 0.6 is 0 Å². The molecule has 0 aromatic rings. The molecule has 0 aromatic carbocycles. The van der Waals surface area contributed by atoms with Gasteiger partial charge in [0, 0.05) is 13.8 Å². The van der Waals surface area contributed by atoms with Gasteiger partial charge < -0.3 is 125 Å². The second-order valence-electron chi connectivity index (χ2n) is 15.0. The maximum Gasteiger partial charge on any atom is 0.217 e. The lowest BCUT2D eigenvalue weighted by molar-refractivity contribution is -0.386. The van der Waals surface area contributed by atoms with Gasteiger partial charge in [-0.25, -0.2) is 0 Å². The lowest BCUT2D eigenvalue weighted by Crippen LogP contribution is -2.70. The van der Waals surface area contributed by atoms with E-state index in [1.807, 2.05) is 0 Å². The van der Waals surface area contributed by atoms with Crippen LogP contribution in [-0.4, -0.2) is 264 Å². The van der Waals surface area contributed by atoms with Gasteiger partial charge in [-0.05, 0) is 0 Å². The quantitative estimate of drug-likeness (QED) is 0.0770. The minimum Gasteiger partial charge on any atom is -0.394 e. The van der Waals surface area contributed by atoms with Crippen molar-refractivity contribution in [3.05, 3.63) is 0 Å². The summed E-state index contributed by atoms with van der Waals surface area (Å²) in [6, 6.07) is -3.17. The Kier molecular flexibility index (Phi) is 17.3. The molecule has 0 aliphatic carbocycles. The van der Waals surface area contributed by atoms with Gasteiger partial charge in [-0.3, -0.25) is 9.59 Å². The zero-order valence-corrected chi connectivity index (χ0v) is 32.1. The molecule has 0 unspecified atom stereocenters. The smallest absolute Gasteiger partial charge is 0.217 e. The van der Waals surface area contributed by atoms with Gasteiger partial charge in [-0.1, -0.05) is 0 Å². The van der Waals surface area contributed by atoms with Gasteiger partial charge in [0.05, 0.1) is 33.0 Å². The number of amides is 2. The van der Waals surface area contributed by atoms with Crippen molar-refractivity contribution in [3.8, 4) is 0 Å². The number of aliphatic hydroxyl groups is 14. The van der Waals surface area contributed by atoms with Crippen molar-refractivity contribution < 1.29 is 124 Å². The molecule has 5 aliphatic rings. The van der Waals surface area contributed by atoms with E-state index in [9.17, 15) is 81.1 Å². The molecule has 0 aromatic heterocycles. The van der Waals surface area contributed by atoms with Crippen molar-refractivity contribution in [3.63, 3.8) is 0 Å². The van der Waals surface area contributed by atoms with Crippen molar-refractivity contribution in [1.82, 2.24) is 10.6 Å². The molecule has 27 heteroatoms. The van der Waals surface area contributed by atoms with Gasteiger partial charge in [-0.15, -0.1) is 0 Å². The highest BCUT2D eigenvalue weighted by molar-refractivity contribution is 5.73. The van der Waals surface area contributed by atoms with Crippen LogP contribution in [0.3, 0.4) is 0 Å². The molecule has 348 valence electrons. The Bertz CT molecular complexity index is 1390. The average molecular weight is 881 g/mol. The summed E-state index contributed by atoms with van der Waals surface area (Å²) in [7, 11) is 0. The van der Waals surface area contributed by atoms with Crippen molar-refractivity contribution in [2.24, 2.45) is 0 Å². The van der Waals surface area contributed by atoms with E-state index in [1.54, 1.807) is 0 Å². The predicted molar refractivity (Wildman–Crippen MR) is 184 cm³/mol. The van der Waals surface area contributed by atoms with E-state index in [4.69, 9.17) is 42.6 Å². The Hall–Kier alpha value is -1.98. The molecule has 5 saturated heterocycles. The molecule has 5 fully saturated rings. The summed E-state index contributed by atoms with van der Waals surface area (Å²) in [5.74, 6) is -1.47. The molecular weight excluding hydrogens is 824 g/mol. The molecule has 60 heavy (non-hydrogen) atoms. The first-order valence-electron chi connectivity index (χ1n) is 19.0. The monoisotopic (exact) mass is 880 g/mol. The lowest BCUT2D eigenvalue weighted by atomic mass is 9.94. The van der Waals surface area contributed by atoms with Crippen LogP contribution in [0.4, 0.5) is 0 Å². The third kappa shape index (κ3) is 10.7. The number of rotatable bonds is 14. The predicted octanol–water partition coefficient (Wildman–Crippen LogP) is -11.0. The van der Waals surface area contributed by atoms with E-state index in [-0.39, 0.29) is 0 Å². The molecule has 0 saturated carbocycles. The summed E-state index contributed by atoms with van der Waals surface area (Å²) < 4.78 is 50.9. The van der Waals surface area contributed by atoms with Crippen LogP contribution in [0, 0.1) is 0 Å². The lowest BCUT2D eigenvalue weighted by Gasteiger charge is -2.50. The first-order valence-corrected chi connectivity index (χ1v) is 19.0. The van der Waals surface area contributed by atoms with Crippen LogP contribution in [-0.2, 0) is 52.2 Å². The molecule has 16 N–H and O–H groups in total. The zero-order chi connectivity index (χ0) is 44.3. The molecular formula is C33H56N2O25. The van der Waals surface area contributed by atoms with E-state index in [2.05, 4.69) is 10.6 Å². The molecule has 27 nitrogen and oxygen atoms in total. The number of hydrogen-bond donors (Lipinski definition) is 16. The van der Waals surface area contributed by atoms with E-state index >= 15 is 0 Å². The fourth-order valence-corrected chi connectivity index (χ4v) is 7.44. The first-order chi connectivity index (χ1) is 28.3. The van der Waals surface area contributed by atoms with Gasteiger partial charge in [0.15, 0.2) is 31.5 Å². The topological polar surface area (TPSA) is 424 Å². The molecule has 0 spiro atoms. The fourth-order valence-electron chi connectivity index (χ4n) is 7.44. The Morgan fingerprint density at radius 2 is 0.983 bits per heavy atom. The number of carbonyl (C=O) groups excluding carboxylic acids is 2. The highest BCUT2D eigenvalue weighted by Crippen LogP contribution is 2.35. The molecule has 5 heterocycles. The van der Waals surface area contributed by atoms with Gasteiger partial charge in [0.25, 0.3) is 0 Å². The summed E-state index contributed by atoms with van der Waals surface area (Å²) in [6.45, 7) is -1.87. The Balaban J connectivity index is 1.41. The third-order valence-corrected chi connectivity index (χ3v) is 10.7. The minimum absolute atomic E-state index is 0.569. The largest absolute Gasteiger partial charge is 0.394 e. The molecule has 24 atom stereocenters. The maximum absolute atomic E-state index is 12.4.